The first-order valence-electron chi connectivity index (χ1n) is 6.48. The molecule has 0 bridgehead atoms. The second-order valence-electron chi connectivity index (χ2n) is 5.08. The molecule has 0 aromatic heterocycles. The zero-order valence-electron chi connectivity index (χ0n) is 10.2. The van der Waals surface area contributed by atoms with Gasteiger partial charge in [0.2, 0.25) is 5.91 Å². The molecular weight excluding hydrogens is 220 g/mol. The lowest BCUT2D eigenvalue weighted by Crippen LogP contribution is -2.48. The van der Waals surface area contributed by atoms with E-state index < -0.39 is 5.60 Å². The molecule has 0 aliphatic carbocycles. The zero-order chi connectivity index (χ0) is 12.1. The molecule has 0 atom stereocenters. The van der Waals surface area contributed by atoms with Gasteiger partial charge >= 0.3 is 0 Å². The second kappa shape index (κ2) is 5.80. The molecule has 17 heavy (non-hydrogen) atoms. The van der Waals surface area contributed by atoms with Gasteiger partial charge in [0.05, 0.1) is 5.60 Å². The van der Waals surface area contributed by atoms with Crippen LogP contribution in [0, 0.1) is 5.92 Å². The Morgan fingerprint density at radius 3 is 2.65 bits per heavy atom. The summed E-state index contributed by atoms with van der Waals surface area (Å²) in [7, 11) is 0. The lowest BCUT2D eigenvalue weighted by atomic mass is 9.93. The van der Waals surface area contributed by atoms with Gasteiger partial charge < -0.3 is 20.5 Å². The molecule has 0 aromatic carbocycles. The van der Waals surface area contributed by atoms with Crippen molar-refractivity contribution >= 4 is 5.91 Å². The highest BCUT2D eigenvalue weighted by molar-refractivity contribution is 5.78. The van der Waals surface area contributed by atoms with Crippen molar-refractivity contribution in [1.29, 1.82) is 0 Å². The molecule has 2 fully saturated rings. The van der Waals surface area contributed by atoms with Crippen LogP contribution in [0.2, 0.25) is 0 Å². The van der Waals surface area contributed by atoms with Crippen molar-refractivity contribution in [2.75, 3.05) is 32.8 Å². The lowest BCUT2D eigenvalue weighted by Gasteiger charge is -2.33. The third kappa shape index (κ3) is 3.66. The minimum atomic E-state index is -0.763. The molecule has 0 aromatic rings. The Morgan fingerprint density at radius 1 is 1.35 bits per heavy atom. The zero-order valence-corrected chi connectivity index (χ0v) is 10.2. The van der Waals surface area contributed by atoms with Crippen molar-refractivity contribution in [2.24, 2.45) is 5.92 Å². The Morgan fingerprint density at radius 2 is 2.00 bits per heavy atom. The summed E-state index contributed by atoms with van der Waals surface area (Å²) in [6.45, 7) is 3.35. The van der Waals surface area contributed by atoms with E-state index in [4.69, 9.17) is 4.74 Å². The van der Waals surface area contributed by atoms with Crippen molar-refractivity contribution < 1.29 is 14.6 Å². The number of rotatable bonds is 3. The largest absolute Gasteiger partial charge is 0.388 e. The number of amides is 1. The molecule has 0 saturated carbocycles. The Balaban J connectivity index is 1.74. The highest BCUT2D eigenvalue weighted by Crippen LogP contribution is 2.20. The van der Waals surface area contributed by atoms with Gasteiger partial charge in [0.15, 0.2) is 0 Å². The maximum absolute atomic E-state index is 11.9. The quantitative estimate of drug-likeness (QED) is 0.632. The van der Waals surface area contributed by atoms with E-state index in [-0.39, 0.29) is 11.8 Å². The fourth-order valence-electron chi connectivity index (χ4n) is 2.41. The van der Waals surface area contributed by atoms with Gasteiger partial charge in [-0.15, -0.1) is 0 Å². The number of aliphatic hydroxyl groups is 1. The second-order valence-corrected chi connectivity index (χ2v) is 5.08. The van der Waals surface area contributed by atoms with E-state index in [2.05, 4.69) is 10.6 Å². The van der Waals surface area contributed by atoms with Crippen LogP contribution < -0.4 is 10.6 Å². The fraction of sp³-hybridized carbons (Fsp3) is 0.917. The molecule has 1 amide bonds. The van der Waals surface area contributed by atoms with Gasteiger partial charge in [0.1, 0.15) is 0 Å². The molecule has 5 nitrogen and oxygen atoms in total. The average Bonchev–Trinajstić information content (AvgIpc) is 2.38. The molecule has 2 heterocycles. The van der Waals surface area contributed by atoms with Crippen LogP contribution >= 0.6 is 0 Å². The summed E-state index contributed by atoms with van der Waals surface area (Å²) in [4.78, 5) is 11.9. The van der Waals surface area contributed by atoms with Gasteiger partial charge in [-0.05, 0) is 25.9 Å². The summed E-state index contributed by atoms with van der Waals surface area (Å²) in [6, 6.07) is 0. The van der Waals surface area contributed by atoms with Crippen LogP contribution in [0.3, 0.4) is 0 Å². The number of piperidine rings is 1. The monoisotopic (exact) mass is 242 g/mol. The van der Waals surface area contributed by atoms with Crippen molar-refractivity contribution in [1.82, 2.24) is 10.6 Å². The Kier molecular flexibility index (Phi) is 4.36. The van der Waals surface area contributed by atoms with Crippen LogP contribution in [0.5, 0.6) is 0 Å². The van der Waals surface area contributed by atoms with E-state index >= 15 is 0 Å². The standard InChI is InChI=1S/C12H22N2O3/c15-11(10-1-5-13-6-2-10)14-9-12(16)3-7-17-8-4-12/h10,13,16H,1-9H2,(H,14,15). The summed E-state index contributed by atoms with van der Waals surface area (Å²) in [6.07, 6.45) is 3.01. The van der Waals surface area contributed by atoms with E-state index in [0.717, 1.165) is 25.9 Å². The molecule has 98 valence electrons. The Labute approximate surface area is 102 Å². The summed E-state index contributed by atoms with van der Waals surface area (Å²) in [5.74, 6) is 0.200. The topological polar surface area (TPSA) is 70.6 Å². The smallest absolute Gasteiger partial charge is 0.223 e. The van der Waals surface area contributed by atoms with Crippen LogP contribution in [0.1, 0.15) is 25.7 Å². The summed E-state index contributed by atoms with van der Waals surface area (Å²) >= 11 is 0. The van der Waals surface area contributed by atoms with Crippen LogP contribution in [0.25, 0.3) is 0 Å². The molecule has 5 heteroatoms. The number of carbonyl (C=O) groups is 1. The first-order valence-corrected chi connectivity index (χ1v) is 6.48. The maximum Gasteiger partial charge on any atom is 0.223 e. The van der Waals surface area contributed by atoms with E-state index in [9.17, 15) is 9.90 Å². The minimum Gasteiger partial charge on any atom is -0.388 e. The highest BCUT2D eigenvalue weighted by atomic mass is 16.5. The van der Waals surface area contributed by atoms with Crippen molar-refractivity contribution in [2.45, 2.75) is 31.3 Å². The van der Waals surface area contributed by atoms with E-state index in [0.29, 0.717) is 32.6 Å². The number of carbonyl (C=O) groups excluding carboxylic acids is 1. The first-order chi connectivity index (χ1) is 8.20. The SMILES string of the molecule is O=C(NCC1(O)CCOCC1)C1CCNCC1. The van der Waals surface area contributed by atoms with Crippen LogP contribution in [-0.4, -0.2) is 49.5 Å². The van der Waals surface area contributed by atoms with E-state index in [1.165, 1.54) is 0 Å². The van der Waals surface area contributed by atoms with E-state index in [1.54, 1.807) is 0 Å². The summed E-state index contributed by atoms with van der Waals surface area (Å²) < 4.78 is 5.21. The van der Waals surface area contributed by atoms with Crippen LogP contribution in [-0.2, 0) is 9.53 Å². The molecule has 0 radical (unpaired) electrons. The molecule has 0 spiro atoms. The van der Waals surface area contributed by atoms with Crippen LogP contribution in [0.4, 0.5) is 0 Å². The van der Waals surface area contributed by atoms with Crippen molar-refractivity contribution in [3.05, 3.63) is 0 Å². The summed E-state index contributed by atoms with van der Waals surface area (Å²) in [5, 5.41) is 16.3. The van der Waals surface area contributed by atoms with Gasteiger partial charge in [0.25, 0.3) is 0 Å². The molecule has 0 unspecified atom stereocenters. The van der Waals surface area contributed by atoms with E-state index in [1.807, 2.05) is 0 Å². The number of hydrogen-bond donors (Lipinski definition) is 3. The predicted molar refractivity (Wildman–Crippen MR) is 63.6 cm³/mol. The molecular formula is C12H22N2O3. The van der Waals surface area contributed by atoms with Crippen molar-refractivity contribution in [3.63, 3.8) is 0 Å². The van der Waals surface area contributed by atoms with Crippen LogP contribution in [0.15, 0.2) is 0 Å². The lowest BCUT2D eigenvalue weighted by molar-refractivity contribution is -0.128. The molecule has 3 N–H and O–H groups in total. The Hall–Kier alpha value is -0.650. The highest BCUT2D eigenvalue weighted by Gasteiger charge is 2.31. The molecule has 2 saturated heterocycles. The molecule has 2 aliphatic rings. The predicted octanol–water partition coefficient (Wildman–Crippen LogP) is -0.356. The molecule has 2 aliphatic heterocycles. The van der Waals surface area contributed by atoms with Gasteiger partial charge in [-0.2, -0.15) is 0 Å². The first kappa shape index (κ1) is 12.8. The third-order valence-electron chi connectivity index (χ3n) is 3.73. The van der Waals surface area contributed by atoms with Gasteiger partial charge in [-0.25, -0.2) is 0 Å². The van der Waals surface area contributed by atoms with Gasteiger partial charge in [0, 0.05) is 38.5 Å². The van der Waals surface area contributed by atoms with Gasteiger partial charge in [-0.1, -0.05) is 0 Å². The number of hydrogen-bond acceptors (Lipinski definition) is 4. The number of ether oxygens (including phenoxy) is 1. The average molecular weight is 242 g/mol. The summed E-state index contributed by atoms with van der Waals surface area (Å²) in [5.41, 5.74) is -0.763. The fourth-order valence-corrected chi connectivity index (χ4v) is 2.41. The number of nitrogens with one attached hydrogen (secondary N) is 2. The molecule has 2 rings (SSSR count). The normalized spacial score (nSPS) is 25.5. The maximum atomic E-state index is 11.9. The Bertz CT molecular complexity index is 258. The van der Waals surface area contributed by atoms with Gasteiger partial charge in [-0.3, -0.25) is 4.79 Å². The minimum absolute atomic E-state index is 0.0893. The van der Waals surface area contributed by atoms with Crippen molar-refractivity contribution in [3.8, 4) is 0 Å². The third-order valence-corrected chi connectivity index (χ3v) is 3.73.